The Hall–Kier alpha value is -4.56. The maximum absolute atomic E-state index is 13.0. The minimum Gasteiger partial charge on any atom is -0.424 e. The molecule has 5 rings (SSSR count). The van der Waals surface area contributed by atoms with E-state index in [9.17, 15) is 19.6 Å². The van der Waals surface area contributed by atoms with Crippen LogP contribution in [0.25, 0.3) is 0 Å². The Morgan fingerprint density at radius 2 is 1.71 bits per heavy atom. The number of fused-ring (bicyclic) bond motifs is 2. The molecule has 0 bridgehead atoms. The average Bonchev–Trinajstić information content (AvgIpc) is 3.60. The maximum atomic E-state index is 13.0. The molecule has 1 aromatic heterocycles. The van der Waals surface area contributed by atoms with Crippen molar-refractivity contribution in [1.82, 2.24) is 20.4 Å². The van der Waals surface area contributed by atoms with Crippen LogP contribution in [0.2, 0.25) is 0 Å². The van der Waals surface area contributed by atoms with Crippen molar-refractivity contribution in [2.45, 2.75) is 63.5 Å². The van der Waals surface area contributed by atoms with Crippen molar-refractivity contribution >= 4 is 17.7 Å². The molecule has 11 nitrogen and oxygen atoms in total. The van der Waals surface area contributed by atoms with E-state index in [1.165, 1.54) is 0 Å². The number of nitrogens with one attached hydrogen (secondary N) is 1. The van der Waals surface area contributed by atoms with Gasteiger partial charge in [-0.25, -0.2) is 0 Å². The summed E-state index contributed by atoms with van der Waals surface area (Å²) in [5, 5.41) is 21.4. The van der Waals surface area contributed by atoms with Crippen LogP contribution in [-0.2, 0) is 23.1 Å². The molecule has 1 unspecified atom stereocenters. The van der Waals surface area contributed by atoms with Gasteiger partial charge in [-0.1, -0.05) is 12.1 Å². The third kappa shape index (κ3) is 5.18. The summed E-state index contributed by atoms with van der Waals surface area (Å²) in [6.45, 7) is 4.34. The van der Waals surface area contributed by atoms with Gasteiger partial charge in [0.1, 0.15) is 11.5 Å². The lowest BCUT2D eigenvalue weighted by atomic mass is 9.68. The van der Waals surface area contributed by atoms with Crippen molar-refractivity contribution in [1.29, 1.82) is 5.26 Å². The van der Waals surface area contributed by atoms with Crippen LogP contribution < -0.4 is 16.8 Å². The molecule has 5 N–H and O–H groups in total. The lowest BCUT2D eigenvalue weighted by Crippen LogP contribution is -2.45. The molecule has 212 valence electrons. The Labute approximate surface area is 237 Å². The van der Waals surface area contributed by atoms with Gasteiger partial charge in [0, 0.05) is 30.6 Å². The Balaban J connectivity index is 1.61. The zero-order valence-electron chi connectivity index (χ0n) is 23.1. The van der Waals surface area contributed by atoms with Crippen molar-refractivity contribution in [3.8, 4) is 6.07 Å². The molecular formula is C30H33N7O4. The summed E-state index contributed by atoms with van der Waals surface area (Å²) in [5.41, 5.74) is 14.6. The summed E-state index contributed by atoms with van der Waals surface area (Å²) in [6.07, 6.45) is 3.06. The summed E-state index contributed by atoms with van der Waals surface area (Å²) >= 11 is 0. The number of benzene rings is 2. The normalized spacial score (nSPS) is 18.1. The topological polar surface area (TPSA) is 181 Å². The fourth-order valence-corrected chi connectivity index (χ4v) is 6.26. The molecule has 3 aromatic rings. The number of likely N-dealkylation sites (tertiary alicyclic amines) is 1. The van der Waals surface area contributed by atoms with Crippen molar-refractivity contribution < 1.29 is 18.8 Å². The highest BCUT2D eigenvalue weighted by Gasteiger charge is 2.46. The molecule has 0 radical (unpaired) electrons. The van der Waals surface area contributed by atoms with Gasteiger partial charge >= 0.3 is 0 Å². The van der Waals surface area contributed by atoms with Crippen LogP contribution in [0.3, 0.4) is 0 Å². The van der Waals surface area contributed by atoms with E-state index in [0.717, 1.165) is 28.7 Å². The number of hydrogen-bond acceptors (Lipinski definition) is 8. The second-order valence-electron chi connectivity index (χ2n) is 10.9. The molecule has 1 fully saturated rings. The number of nitrogens with zero attached hydrogens (tertiary/aromatic N) is 4. The van der Waals surface area contributed by atoms with E-state index >= 15 is 0 Å². The zero-order chi connectivity index (χ0) is 29.3. The van der Waals surface area contributed by atoms with E-state index in [1.807, 2.05) is 19.1 Å². The number of amides is 3. The van der Waals surface area contributed by atoms with Crippen molar-refractivity contribution in [3.05, 3.63) is 81.6 Å². The Kier molecular flexibility index (Phi) is 7.60. The number of aromatic nitrogens is 2. The van der Waals surface area contributed by atoms with Crippen LogP contribution in [-0.4, -0.2) is 58.0 Å². The molecule has 0 saturated carbocycles. The predicted molar refractivity (Wildman–Crippen MR) is 149 cm³/mol. The number of nitrogens with two attached hydrogens (primary N) is 2. The molecule has 41 heavy (non-hydrogen) atoms. The largest absolute Gasteiger partial charge is 0.424 e. The summed E-state index contributed by atoms with van der Waals surface area (Å²) in [5.74, 6) is -0.432. The van der Waals surface area contributed by atoms with E-state index in [4.69, 9.17) is 15.9 Å². The van der Waals surface area contributed by atoms with Crippen molar-refractivity contribution in [2.75, 3.05) is 13.1 Å². The summed E-state index contributed by atoms with van der Waals surface area (Å²) < 4.78 is 6.14. The van der Waals surface area contributed by atoms with E-state index in [0.29, 0.717) is 55.1 Å². The van der Waals surface area contributed by atoms with Gasteiger partial charge in [-0.3, -0.25) is 14.4 Å². The average molecular weight is 556 g/mol. The first-order valence-electron chi connectivity index (χ1n) is 13.7. The monoisotopic (exact) mass is 555 g/mol. The van der Waals surface area contributed by atoms with Gasteiger partial charge in [0.05, 0.1) is 12.6 Å². The Morgan fingerprint density at radius 1 is 1.10 bits per heavy atom. The van der Waals surface area contributed by atoms with Crippen LogP contribution in [0.4, 0.5) is 0 Å². The van der Waals surface area contributed by atoms with Crippen LogP contribution in [0.15, 0.2) is 40.8 Å². The lowest BCUT2D eigenvalue weighted by Gasteiger charge is -2.36. The third-order valence-electron chi connectivity index (χ3n) is 8.19. The minimum absolute atomic E-state index is 0.0687. The molecule has 2 atom stereocenters. The molecule has 1 aliphatic carbocycles. The molecule has 11 heteroatoms. The van der Waals surface area contributed by atoms with Gasteiger partial charge in [0.2, 0.25) is 29.5 Å². The number of carbonyl (C=O) groups excluding carboxylic acids is 3. The van der Waals surface area contributed by atoms with Gasteiger partial charge in [-0.2, -0.15) is 5.26 Å². The van der Waals surface area contributed by atoms with Crippen LogP contribution >= 0.6 is 0 Å². The fourth-order valence-electron chi connectivity index (χ4n) is 6.26. The highest BCUT2D eigenvalue weighted by Crippen LogP contribution is 2.47. The van der Waals surface area contributed by atoms with Gasteiger partial charge in [-0.05, 0) is 85.5 Å². The van der Waals surface area contributed by atoms with Crippen LogP contribution in [0.5, 0.6) is 0 Å². The number of rotatable bonds is 8. The van der Waals surface area contributed by atoms with Crippen molar-refractivity contribution in [2.24, 2.45) is 11.5 Å². The number of aryl methyl sites for hydroxylation is 3. The highest BCUT2D eigenvalue weighted by molar-refractivity contribution is 5.94. The SMILES string of the molecule is Cc1nnc(C2(C[C@@H](C)NCC(=O)N3CCCC3C#N)c3ccc(C(N)=O)cc3CCc3cc(C(N)=O)ccc32)o1. The van der Waals surface area contributed by atoms with Crippen LogP contribution in [0, 0.1) is 18.3 Å². The second-order valence-corrected chi connectivity index (χ2v) is 10.9. The lowest BCUT2D eigenvalue weighted by molar-refractivity contribution is -0.130. The first-order valence-corrected chi connectivity index (χ1v) is 13.7. The Morgan fingerprint density at radius 3 is 2.22 bits per heavy atom. The number of nitriles is 1. The van der Waals surface area contributed by atoms with Gasteiger partial charge in [0.25, 0.3) is 0 Å². The summed E-state index contributed by atoms with van der Waals surface area (Å²) in [6, 6.07) is 12.3. The second kappa shape index (κ2) is 11.1. The standard InChI is InChI=1S/C30H33N7O4/c1-17(34-16-26(38)37-11-3-4-23(37)15-31)14-30(29-36-35-18(2)41-29)24-9-7-21(27(32)39)12-19(24)5-6-20-13-22(28(33)40)8-10-25(20)30/h7-10,12-13,17,23,34H,3-6,11,14,16H2,1-2H3,(H2,32,39)(H2,33,40)/t17-,23?/m1/s1. The quantitative estimate of drug-likeness (QED) is 0.377. The first kappa shape index (κ1) is 28.0. The smallest absolute Gasteiger partial charge is 0.248 e. The number of carbonyl (C=O) groups is 3. The molecule has 2 aliphatic rings. The zero-order valence-corrected chi connectivity index (χ0v) is 23.1. The molecule has 0 spiro atoms. The maximum Gasteiger partial charge on any atom is 0.248 e. The van der Waals surface area contributed by atoms with E-state index in [1.54, 1.807) is 36.1 Å². The number of hydrogen-bond donors (Lipinski definition) is 3. The summed E-state index contributed by atoms with van der Waals surface area (Å²) in [7, 11) is 0. The van der Waals surface area contributed by atoms with E-state index < -0.39 is 23.3 Å². The van der Waals surface area contributed by atoms with E-state index in [2.05, 4.69) is 21.6 Å². The van der Waals surface area contributed by atoms with Gasteiger partial charge in [-0.15, -0.1) is 10.2 Å². The predicted octanol–water partition coefficient (Wildman–Crippen LogP) is 1.89. The van der Waals surface area contributed by atoms with Gasteiger partial charge in [0.15, 0.2) is 0 Å². The molecule has 3 amide bonds. The fraction of sp³-hybridized carbons (Fsp3) is 0.400. The first-order chi connectivity index (χ1) is 19.6. The molecule has 1 saturated heterocycles. The summed E-state index contributed by atoms with van der Waals surface area (Å²) in [4.78, 5) is 38.8. The van der Waals surface area contributed by atoms with Gasteiger partial charge < -0.3 is 26.1 Å². The molecule has 1 aliphatic heterocycles. The van der Waals surface area contributed by atoms with E-state index in [-0.39, 0.29) is 18.5 Å². The van der Waals surface area contributed by atoms with Crippen LogP contribution in [0.1, 0.15) is 80.9 Å². The third-order valence-corrected chi connectivity index (χ3v) is 8.19. The minimum atomic E-state index is -0.979. The number of primary amides is 2. The highest BCUT2D eigenvalue weighted by atomic mass is 16.4. The molecular weight excluding hydrogens is 522 g/mol. The molecule has 2 heterocycles. The Bertz CT molecular complexity index is 1490. The molecule has 2 aromatic carbocycles. The van der Waals surface area contributed by atoms with Crippen molar-refractivity contribution in [3.63, 3.8) is 0 Å².